The lowest BCUT2D eigenvalue weighted by Crippen LogP contribution is -2.14. The Morgan fingerprint density at radius 3 is 1.93 bits per heavy atom. The second-order valence-corrected chi connectivity index (χ2v) is 9.39. The van der Waals surface area contributed by atoms with E-state index in [9.17, 15) is 0 Å². The Morgan fingerprint density at radius 1 is 0.767 bits per heavy atom. The van der Waals surface area contributed by atoms with Crippen LogP contribution < -0.4 is 0 Å². The van der Waals surface area contributed by atoms with E-state index in [1.54, 1.807) is 6.08 Å². The van der Waals surface area contributed by atoms with Gasteiger partial charge in [-0.2, -0.15) is 10.5 Å². The monoisotopic (exact) mass is 400 g/mol. The lowest BCUT2D eigenvalue weighted by Gasteiger charge is -2.29. The largest absolute Gasteiger partial charge is 0.193 e. The number of nitrogens with zero attached hydrogens (tertiary/aromatic N) is 2. The molecule has 0 atom stereocenters. The molecule has 0 spiro atoms. The van der Waals surface area contributed by atoms with Crippen LogP contribution >= 0.6 is 0 Å². The topological polar surface area (TPSA) is 47.6 Å². The third kappa shape index (κ3) is 7.18. The molecule has 0 heterocycles. The Labute approximate surface area is 183 Å². The molecule has 0 N–H and O–H groups in total. The number of benzene rings is 1. The van der Waals surface area contributed by atoms with E-state index in [2.05, 4.69) is 24.3 Å². The fourth-order valence-corrected chi connectivity index (χ4v) is 5.47. The molecule has 0 saturated heterocycles. The van der Waals surface area contributed by atoms with E-state index in [0.717, 1.165) is 23.3 Å². The molecule has 2 nitrogen and oxygen atoms in total. The molecule has 2 fully saturated rings. The third-order valence-corrected chi connectivity index (χ3v) is 7.39. The normalized spacial score (nSPS) is 27.1. The fourth-order valence-electron chi connectivity index (χ4n) is 5.47. The van der Waals surface area contributed by atoms with E-state index in [4.69, 9.17) is 10.5 Å². The molecule has 0 amide bonds. The van der Waals surface area contributed by atoms with Crippen molar-refractivity contribution in [3.05, 3.63) is 59.7 Å². The van der Waals surface area contributed by atoms with Crippen LogP contribution in [0.1, 0.15) is 94.1 Å². The van der Waals surface area contributed by atoms with Gasteiger partial charge in [-0.1, -0.05) is 56.0 Å². The lowest BCUT2D eigenvalue weighted by molar-refractivity contribution is 0.273. The predicted molar refractivity (Wildman–Crippen MR) is 124 cm³/mol. The first-order valence-corrected chi connectivity index (χ1v) is 12.0. The van der Waals surface area contributed by atoms with Gasteiger partial charge in [0.2, 0.25) is 0 Å². The summed E-state index contributed by atoms with van der Waals surface area (Å²) in [4.78, 5) is 0. The minimum absolute atomic E-state index is 0.702. The molecule has 2 aliphatic carbocycles. The van der Waals surface area contributed by atoms with Crippen molar-refractivity contribution in [1.29, 1.82) is 10.5 Å². The molecule has 2 aliphatic rings. The summed E-state index contributed by atoms with van der Waals surface area (Å²) < 4.78 is 0. The summed E-state index contributed by atoms with van der Waals surface area (Å²) in [6, 6.07) is 12.5. The average molecular weight is 401 g/mol. The van der Waals surface area contributed by atoms with E-state index in [-0.39, 0.29) is 0 Å². The van der Waals surface area contributed by atoms with Crippen molar-refractivity contribution in [1.82, 2.24) is 0 Å². The number of hydrogen-bond acceptors (Lipinski definition) is 2. The Bertz CT molecular complexity index is 758. The van der Waals surface area contributed by atoms with Gasteiger partial charge in [-0.3, -0.25) is 0 Å². The maximum Gasteiger partial charge on any atom is 0.0991 e. The van der Waals surface area contributed by atoms with Crippen molar-refractivity contribution in [2.75, 3.05) is 0 Å². The molecule has 0 aromatic heterocycles. The molecule has 2 saturated carbocycles. The Balaban J connectivity index is 1.26. The predicted octanol–water partition coefficient (Wildman–Crippen LogP) is 7.83. The van der Waals surface area contributed by atoms with Gasteiger partial charge in [0.1, 0.15) is 0 Å². The van der Waals surface area contributed by atoms with Crippen molar-refractivity contribution in [2.24, 2.45) is 17.8 Å². The number of hydrogen-bond donors (Lipinski definition) is 0. The molecular formula is C28H36N2. The molecule has 0 radical (unpaired) electrons. The van der Waals surface area contributed by atoms with Gasteiger partial charge in [-0.25, -0.2) is 0 Å². The van der Waals surface area contributed by atoms with Gasteiger partial charge in [0.15, 0.2) is 0 Å². The molecule has 1 aromatic rings. The highest BCUT2D eigenvalue weighted by molar-refractivity contribution is 5.33. The first-order valence-electron chi connectivity index (χ1n) is 12.0. The summed E-state index contributed by atoms with van der Waals surface area (Å²) in [7, 11) is 0. The van der Waals surface area contributed by atoms with Crippen LogP contribution in [0.2, 0.25) is 0 Å². The zero-order chi connectivity index (χ0) is 21.0. The summed E-state index contributed by atoms with van der Waals surface area (Å²) in [5, 5.41) is 17.5. The molecule has 158 valence electrons. The van der Waals surface area contributed by atoms with E-state index in [1.165, 1.54) is 82.6 Å². The van der Waals surface area contributed by atoms with Crippen molar-refractivity contribution in [2.45, 2.75) is 83.0 Å². The smallest absolute Gasteiger partial charge is 0.0991 e. The molecular weight excluding hydrogens is 364 g/mol. The van der Waals surface area contributed by atoms with Gasteiger partial charge in [0.05, 0.1) is 17.7 Å². The highest BCUT2D eigenvalue weighted by Crippen LogP contribution is 2.38. The van der Waals surface area contributed by atoms with E-state index in [1.807, 2.05) is 30.4 Å². The van der Waals surface area contributed by atoms with Crippen molar-refractivity contribution in [3.63, 3.8) is 0 Å². The lowest BCUT2D eigenvalue weighted by atomic mass is 9.76. The van der Waals surface area contributed by atoms with Gasteiger partial charge in [0.25, 0.3) is 0 Å². The number of unbranched alkanes of at least 4 members (excludes halogenated alkanes) is 1. The van der Waals surface area contributed by atoms with E-state index >= 15 is 0 Å². The molecule has 0 unspecified atom stereocenters. The third-order valence-electron chi connectivity index (χ3n) is 7.39. The molecule has 30 heavy (non-hydrogen) atoms. The molecule has 0 bridgehead atoms. The van der Waals surface area contributed by atoms with E-state index < -0.39 is 0 Å². The molecule has 3 rings (SSSR count). The summed E-state index contributed by atoms with van der Waals surface area (Å²) in [6.07, 6.45) is 24.2. The second kappa shape index (κ2) is 12.4. The van der Waals surface area contributed by atoms with Crippen molar-refractivity contribution >= 4 is 0 Å². The van der Waals surface area contributed by atoms with Crippen LogP contribution in [0.4, 0.5) is 0 Å². The summed E-state index contributed by atoms with van der Waals surface area (Å²) >= 11 is 0. The van der Waals surface area contributed by atoms with Crippen LogP contribution in [0.5, 0.6) is 0 Å². The van der Waals surface area contributed by atoms with Gasteiger partial charge in [0, 0.05) is 6.08 Å². The van der Waals surface area contributed by atoms with Crippen LogP contribution in [-0.2, 0) is 0 Å². The maximum absolute atomic E-state index is 8.95. The number of nitriles is 2. The number of allylic oxidation sites excluding steroid dienone is 4. The average Bonchev–Trinajstić information content (AvgIpc) is 2.81. The van der Waals surface area contributed by atoms with Crippen LogP contribution in [0, 0.1) is 40.4 Å². The zero-order valence-electron chi connectivity index (χ0n) is 18.3. The van der Waals surface area contributed by atoms with Gasteiger partial charge in [-0.15, -0.1) is 0 Å². The molecule has 1 aromatic carbocycles. The van der Waals surface area contributed by atoms with Gasteiger partial charge in [-0.05, 0) is 92.7 Å². The highest BCUT2D eigenvalue weighted by atomic mass is 14.3. The first kappa shape index (κ1) is 22.4. The standard InChI is InChI=1S/C28H36N2/c29-21-5-1-2-6-23-9-11-24(12-10-23)7-3-4-8-25-13-17-27(18-14-25)28-19-15-26(22-30)16-20-28/h1-2,5-6,15-16,19-20,23-25,27H,3-4,7-14,17-18H2/b5-1+,6-2+. The van der Waals surface area contributed by atoms with Crippen molar-refractivity contribution < 1.29 is 0 Å². The molecule has 2 heteroatoms. The van der Waals surface area contributed by atoms with Crippen LogP contribution in [0.3, 0.4) is 0 Å². The minimum atomic E-state index is 0.702. The summed E-state index contributed by atoms with van der Waals surface area (Å²) in [6.45, 7) is 0. The highest BCUT2D eigenvalue weighted by Gasteiger charge is 2.23. The zero-order valence-corrected chi connectivity index (χ0v) is 18.3. The van der Waals surface area contributed by atoms with Gasteiger partial charge >= 0.3 is 0 Å². The Hall–Kier alpha value is -2.32. The van der Waals surface area contributed by atoms with Crippen LogP contribution in [-0.4, -0.2) is 0 Å². The SMILES string of the molecule is N#C/C=C/C=C/C1CCC(CCCCC2CCC(c3ccc(C#N)cc3)CC2)CC1. The Kier molecular flexibility index (Phi) is 9.24. The fraction of sp³-hybridized carbons (Fsp3) is 0.571. The summed E-state index contributed by atoms with van der Waals surface area (Å²) in [5.74, 6) is 3.29. The van der Waals surface area contributed by atoms with Gasteiger partial charge < -0.3 is 0 Å². The number of rotatable bonds is 8. The van der Waals surface area contributed by atoms with Crippen LogP contribution in [0.25, 0.3) is 0 Å². The van der Waals surface area contributed by atoms with Crippen molar-refractivity contribution in [3.8, 4) is 12.1 Å². The van der Waals surface area contributed by atoms with E-state index in [0.29, 0.717) is 5.92 Å². The first-order chi connectivity index (χ1) is 14.8. The summed E-state index contributed by atoms with van der Waals surface area (Å²) in [5.41, 5.74) is 2.20. The molecule has 0 aliphatic heterocycles. The quantitative estimate of drug-likeness (QED) is 0.253. The Morgan fingerprint density at radius 2 is 1.37 bits per heavy atom. The second-order valence-electron chi connectivity index (χ2n) is 9.39. The minimum Gasteiger partial charge on any atom is -0.193 e. The van der Waals surface area contributed by atoms with Crippen LogP contribution in [0.15, 0.2) is 48.6 Å². The maximum atomic E-state index is 8.95.